The molecule has 0 bridgehead atoms. The predicted octanol–water partition coefficient (Wildman–Crippen LogP) is 1.92. The Bertz CT molecular complexity index is 1020. The second-order valence-corrected chi connectivity index (χ2v) is 6.66. The summed E-state index contributed by atoms with van der Waals surface area (Å²) in [5.74, 6) is -0.0511. The Morgan fingerprint density at radius 3 is 2.84 bits per heavy atom. The molecule has 0 unspecified atom stereocenters. The number of aromatic amines is 1. The molecule has 4 rings (SSSR count). The van der Waals surface area contributed by atoms with E-state index in [1.807, 2.05) is 26.0 Å². The number of nitrogens with zero attached hydrogens (tertiary/aromatic N) is 3. The Morgan fingerprint density at radius 2 is 2.12 bits per heavy atom. The van der Waals surface area contributed by atoms with E-state index in [1.54, 1.807) is 12.3 Å². The van der Waals surface area contributed by atoms with Crippen molar-refractivity contribution in [2.75, 3.05) is 0 Å². The molecule has 128 valence electrons. The van der Waals surface area contributed by atoms with Gasteiger partial charge < -0.3 is 5.32 Å². The Morgan fingerprint density at radius 1 is 1.32 bits per heavy atom. The van der Waals surface area contributed by atoms with E-state index < -0.39 is 11.5 Å². The molecule has 3 aromatic rings. The molecule has 1 aliphatic carbocycles. The molecule has 0 radical (unpaired) electrons. The number of aryl methyl sites for hydroxylation is 2. The normalized spacial score (nSPS) is 15.3. The first-order chi connectivity index (χ1) is 12.0. The number of H-pyrrole nitrogens is 1. The molecule has 1 saturated carbocycles. The van der Waals surface area contributed by atoms with Crippen LogP contribution in [0.25, 0.3) is 5.65 Å². The van der Waals surface area contributed by atoms with Crippen LogP contribution in [0.2, 0.25) is 0 Å². The minimum atomic E-state index is -0.417. The van der Waals surface area contributed by atoms with Crippen molar-refractivity contribution in [3.8, 4) is 0 Å². The molecule has 7 nitrogen and oxygen atoms in total. The number of pyridine rings is 1. The minimum absolute atomic E-state index is 0.0256. The second-order valence-electron chi connectivity index (χ2n) is 6.66. The molecule has 2 N–H and O–H groups in total. The molecule has 1 amide bonds. The van der Waals surface area contributed by atoms with Gasteiger partial charge in [-0.2, -0.15) is 0 Å². The van der Waals surface area contributed by atoms with Crippen LogP contribution in [0, 0.1) is 19.8 Å². The number of carbonyl (C=O) groups is 1. The Kier molecular flexibility index (Phi) is 3.63. The zero-order valence-electron chi connectivity index (χ0n) is 14.1. The van der Waals surface area contributed by atoms with Crippen LogP contribution in [-0.4, -0.2) is 25.5 Å². The zero-order chi connectivity index (χ0) is 17.6. The van der Waals surface area contributed by atoms with Crippen LogP contribution in [0.15, 0.2) is 35.4 Å². The number of nitrogens with one attached hydrogen (secondary N) is 2. The second kappa shape index (κ2) is 5.84. The maximum Gasteiger partial charge on any atom is 0.285 e. The van der Waals surface area contributed by atoms with Crippen LogP contribution in [0.3, 0.4) is 0 Å². The Balaban J connectivity index is 1.66. The fourth-order valence-corrected chi connectivity index (χ4v) is 3.05. The lowest BCUT2D eigenvalue weighted by Crippen LogP contribution is -2.35. The van der Waals surface area contributed by atoms with Crippen LogP contribution in [-0.2, 0) is 0 Å². The third kappa shape index (κ3) is 2.93. The monoisotopic (exact) mass is 337 g/mol. The van der Waals surface area contributed by atoms with Gasteiger partial charge in [0.2, 0.25) is 0 Å². The summed E-state index contributed by atoms with van der Waals surface area (Å²) >= 11 is 0. The molecule has 1 atom stereocenters. The average Bonchev–Trinajstić information content (AvgIpc) is 3.34. The summed E-state index contributed by atoms with van der Waals surface area (Å²) in [5, 5.41) is 5.88. The molecule has 1 aliphatic rings. The van der Waals surface area contributed by atoms with Gasteiger partial charge in [-0.15, -0.1) is 0 Å². The Hall–Kier alpha value is -2.96. The highest BCUT2D eigenvalue weighted by Gasteiger charge is 2.35. The fraction of sp³-hybridized carbons (Fsp3) is 0.333. The SMILES string of the molecule is Cc1ccnc([C@@H](NC(=O)c2cnc3cc(C)[nH]n3c2=O)C2CC2)c1. The average molecular weight is 337 g/mol. The van der Waals surface area contributed by atoms with Gasteiger partial charge in [-0.1, -0.05) is 0 Å². The highest BCUT2D eigenvalue weighted by atomic mass is 16.2. The van der Waals surface area contributed by atoms with E-state index in [4.69, 9.17) is 0 Å². The lowest BCUT2D eigenvalue weighted by atomic mass is 10.1. The van der Waals surface area contributed by atoms with E-state index in [0.29, 0.717) is 11.6 Å². The molecule has 7 heteroatoms. The topological polar surface area (TPSA) is 92.2 Å². The van der Waals surface area contributed by atoms with Crippen molar-refractivity contribution in [2.45, 2.75) is 32.7 Å². The van der Waals surface area contributed by atoms with Crippen LogP contribution in [0.4, 0.5) is 0 Å². The van der Waals surface area contributed by atoms with Gasteiger partial charge >= 0.3 is 0 Å². The lowest BCUT2D eigenvalue weighted by Gasteiger charge is -2.18. The van der Waals surface area contributed by atoms with Crippen molar-refractivity contribution in [3.05, 3.63) is 63.5 Å². The van der Waals surface area contributed by atoms with Gasteiger partial charge in [0.15, 0.2) is 5.65 Å². The number of hydrogen-bond acceptors (Lipinski definition) is 4. The number of carbonyl (C=O) groups excluding carboxylic acids is 1. The molecule has 1 fully saturated rings. The highest BCUT2D eigenvalue weighted by Crippen LogP contribution is 2.40. The van der Waals surface area contributed by atoms with E-state index in [-0.39, 0.29) is 11.6 Å². The third-order valence-electron chi connectivity index (χ3n) is 4.50. The quantitative estimate of drug-likeness (QED) is 0.761. The molecular formula is C18H19N5O2. The summed E-state index contributed by atoms with van der Waals surface area (Å²) in [7, 11) is 0. The first-order valence-corrected chi connectivity index (χ1v) is 8.34. The van der Waals surface area contributed by atoms with Crippen molar-refractivity contribution in [2.24, 2.45) is 5.92 Å². The molecule has 0 spiro atoms. The van der Waals surface area contributed by atoms with Gasteiger partial charge in [0.05, 0.1) is 11.7 Å². The largest absolute Gasteiger partial charge is 0.343 e. The van der Waals surface area contributed by atoms with Gasteiger partial charge in [-0.25, -0.2) is 9.50 Å². The fourth-order valence-electron chi connectivity index (χ4n) is 3.05. The standard InChI is InChI=1S/C18H19N5O2/c1-10-5-6-19-14(7-10)16(12-3-4-12)21-17(24)13-9-20-15-8-11(2)22-23(15)18(13)25/h5-9,12,16,22H,3-4H2,1-2H3,(H,21,24)/t16-/m0/s1. The van der Waals surface area contributed by atoms with E-state index in [2.05, 4.69) is 20.4 Å². The summed E-state index contributed by atoms with van der Waals surface area (Å²) in [6.07, 6.45) is 5.18. The number of aromatic nitrogens is 4. The van der Waals surface area contributed by atoms with Crippen molar-refractivity contribution < 1.29 is 4.79 Å². The van der Waals surface area contributed by atoms with Gasteiger partial charge in [0.25, 0.3) is 11.5 Å². The smallest absolute Gasteiger partial charge is 0.285 e. The number of rotatable bonds is 4. The van der Waals surface area contributed by atoms with Crippen LogP contribution in [0.5, 0.6) is 0 Å². The van der Waals surface area contributed by atoms with Gasteiger partial charge in [0, 0.05) is 24.2 Å². The van der Waals surface area contributed by atoms with E-state index in [9.17, 15) is 9.59 Å². The summed E-state index contributed by atoms with van der Waals surface area (Å²) in [6.45, 7) is 3.83. The van der Waals surface area contributed by atoms with Crippen LogP contribution in [0.1, 0.15) is 46.2 Å². The third-order valence-corrected chi connectivity index (χ3v) is 4.50. The van der Waals surface area contributed by atoms with Crippen LogP contribution >= 0.6 is 0 Å². The van der Waals surface area contributed by atoms with E-state index in [1.165, 1.54) is 10.7 Å². The molecule has 25 heavy (non-hydrogen) atoms. The molecule has 0 saturated heterocycles. The molecular weight excluding hydrogens is 318 g/mol. The lowest BCUT2D eigenvalue weighted by molar-refractivity contribution is 0.0928. The highest BCUT2D eigenvalue weighted by molar-refractivity contribution is 5.94. The molecule has 0 aliphatic heterocycles. The van der Waals surface area contributed by atoms with Crippen LogP contribution < -0.4 is 10.9 Å². The summed E-state index contributed by atoms with van der Waals surface area (Å²) in [5.41, 5.74) is 2.86. The van der Waals surface area contributed by atoms with Gasteiger partial charge in [-0.3, -0.25) is 19.7 Å². The molecule has 3 aromatic heterocycles. The van der Waals surface area contributed by atoms with E-state index in [0.717, 1.165) is 29.8 Å². The Labute approximate surface area is 144 Å². The van der Waals surface area contributed by atoms with E-state index >= 15 is 0 Å². The van der Waals surface area contributed by atoms with Crippen molar-refractivity contribution in [3.63, 3.8) is 0 Å². The summed E-state index contributed by atoms with van der Waals surface area (Å²) in [6, 6.07) is 5.48. The summed E-state index contributed by atoms with van der Waals surface area (Å²) < 4.78 is 1.29. The van der Waals surface area contributed by atoms with Crippen molar-refractivity contribution in [1.82, 2.24) is 24.9 Å². The van der Waals surface area contributed by atoms with Crippen molar-refractivity contribution in [1.29, 1.82) is 0 Å². The molecule has 0 aromatic carbocycles. The maximum absolute atomic E-state index is 12.7. The summed E-state index contributed by atoms with van der Waals surface area (Å²) in [4.78, 5) is 33.9. The zero-order valence-corrected chi connectivity index (χ0v) is 14.1. The molecule has 3 heterocycles. The first-order valence-electron chi connectivity index (χ1n) is 8.34. The first kappa shape index (κ1) is 15.6. The van der Waals surface area contributed by atoms with Gasteiger partial charge in [-0.05, 0) is 50.3 Å². The predicted molar refractivity (Wildman–Crippen MR) is 92.5 cm³/mol. The maximum atomic E-state index is 12.7. The number of fused-ring (bicyclic) bond motifs is 1. The van der Waals surface area contributed by atoms with Gasteiger partial charge in [0.1, 0.15) is 5.56 Å². The van der Waals surface area contributed by atoms with Crippen molar-refractivity contribution >= 4 is 11.6 Å². The number of amides is 1. The number of hydrogen-bond donors (Lipinski definition) is 2. The minimum Gasteiger partial charge on any atom is -0.343 e.